The number of aromatic nitrogens is 1. The number of hydrogen-bond donors (Lipinski definition) is 1. The van der Waals surface area contributed by atoms with E-state index in [1.807, 2.05) is 30.3 Å². The Morgan fingerprint density at radius 1 is 0.867 bits per heavy atom. The van der Waals surface area contributed by atoms with Gasteiger partial charge in [-0.15, -0.1) is 0 Å². The first-order valence-electron chi connectivity index (χ1n) is 9.64. The summed E-state index contributed by atoms with van der Waals surface area (Å²) in [6.07, 6.45) is 0.851. The molecule has 5 heteroatoms. The zero-order valence-corrected chi connectivity index (χ0v) is 16.0. The molecule has 0 atom stereocenters. The first kappa shape index (κ1) is 18.1. The van der Waals surface area contributed by atoms with Crippen molar-refractivity contribution in [1.29, 1.82) is 0 Å². The second-order valence-electron chi connectivity index (χ2n) is 7.30. The lowest BCUT2D eigenvalue weighted by molar-refractivity contribution is 0.0469. The Morgan fingerprint density at radius 3 is 2.53 bits per heavy atom. The van der Waals surface area contributed by atoms with Gasteiger partial charge >= 0.3 is 5.97 Å². The van der Waals surface area contributed by atoms with Crippen LogP contribution in [0.15, 0.2) is 77.6 Å². The molecule has 30 heavy (non-hydrogen) atoms. The minimum atomic E-state index is -0.738. The van der Waals surface area contributed by atoms with E-state index in [2.05, 4.69) is 11.1 Å². The molecule has 1 aliphatic carbocycles. The van der Waals surface area contributed by atoms with Gasteiger partial charge in [0.25, 0.3) is 0 Å². The number of nitrogens with one attached hydrogen (secondary N) is 1. The minimum Gasteiger partial charge on any atom is -0.453 e. The van der Waals surface area contributed by atoms with E-state index >= 15 is 0 Å². The van der Waals surface area contributed by atoms with E-state index in [1.54, 1.807) is 30.3 Å². The zero-order chi connectivity index (χ0) is 20.7. The van der Waals surface area contributed by atoms with Crippen LogP contribution in [-0.4, -0.2) is 23.3 Å². The summed E-state index contributed by atoms with van der Waals surface area (Å²) in [4.78, 5) is 40.1. The highest BCUT2D eigenvalue weighted by Gasteiger charge is 2.20. The number of H-pyrrole nitrogens is 1. The molecule has 3 aromatic carbocycles. The second kappa shape index (κ2) is 7.12. The number of carbonyl (C=O) groups excluding carboxylic acids is 2. The van der Waals surface area contributed by atoms with Crippen molar-refractivity contribution in [2.45, 2.75) is 6.42 Å². The van der Waals surface area contributed by atoms with Crippen molar-refractivity contribution >= 4 is 22.7 Å². The molecule has 0 amide bonds. The summed E-state index contributed by atoms with van der Waals surface area (Å²) in [6, 6.07) is 21.8. The molecular formula is C25H17NO4. The van der Waals surface area contributed by atoms with Gasteiger partial charge in [-0.3, -0.25) is 9.59 Å². The Kier molecular flexibility index (Phi) is 4.29. The van der Waals surface area contributed by atoms with Crippen LogP contribution in [0.2, 0.25) is 0 Å². The molecule has 4 aromatic rings. The van der Waals surface area contributed by atoms with Crippen LogP contribution >= 0.6 is 0 Å². The number of rotatable bonds is 4. The first-order valence-corrected chi connectivity index (χ1v) is 9.64. The maximum absolute atomic E-state index is 12.6. The highest BCUT2D eigenvalue weighted by molar-refractivity contribution is 6.00. The topological polar surface area (TPSA) is 76.2 Å². The fourth-order valence-corrected chi connectivity index (χ4v) is 3.90. The largest absolute Gasteiger partial charge is 0.453 e. The van der Waals surface area contributed by atoms with Crippen LogP contribution in [0, 0.1) is 0 Å². The Morgan fingerprint density at radius 2 is 1.63 bits per heavy atom. The third-order valence-corrected chi connectivity index (χ3v) is 5.41. The third-order valence-electron chi connectivity index (χ3n) is 5.41. The van der Waals surface area contributed by atoms with Gasteiger partial charge in [0.05, 0.1) is 0 Å². The third kappa shape index (κ3) is 3.10. The Hall–Kier alpha value is -3.99. The predicted molar refractivity (Wildman–Crippen MR) is 114 cm³/mol. The van der Waals surface area contributed by atoms with E-state index < -0.39 is 12.6 Å². The van der Waals surface area contributed by atoms with E-state index in [4.69, 9.17) is 4.74 Å². The highest BCUT2D eigenvalue weighted by atomic mass is 16.5. The quantitative estimate of drug-likeness (QED) is 0.367. The smallest absolute Gasteiger partial charge is 0.355 e. The lowest BCUT2D eigenvalue weighted by atomic mass is 10.0. The van der Waals surface area contributed by atoms with Crippen LogP contribution < -0.4 is 5.43 Å². The van der Waals surface area contributed by atoms with Crippen LogP contribution in [0.25, 0.3) is 22.0 Å². The molecule has 1 N–H and O–H groups in total. The Labute approximate surface area is 171 Å². The van der Waals surface area contributed by atoms with Crippen molar-refractivity contribution in [2.24, 2.45) is 0 Å². The molecule has 0 unspecified atom stereocenters. The first-order chi connectivity index (χ1) is 14.6. The molecule has 5 nitrogen and oxygen atoms in total. The lowest BCUT2D eigenvalue weighted by Crippen LogP contribution is -2.17. The number of esters is 1. The molecule has 0 saturated heterocycles. The molecule has 5 rings (SSSR count). The monoisotopic (exact) mass is 395 g/mol. The van der Waals surface area contributed by atoms with E-state index in [-0.39, 0.29) is 16.9 Å². The fraction of sp³-hybridized carbons (Fsp3) is 0.0800. The number of benzene rings is 3. The molecule has 0 spiro atoms. The Bertz CT molecular complexity index is 1380. The summed E-state index contributed by atoms with van der Waals surface area (Å²) in [5, 5.41) is 0.489. The van der Waals surface area contributed by atoms with Gasteiger partial charge in [-0.1, -0.05) is 48.5 Å². The van der Waals surface area contributed by atoms with Gasteiger partial charge in [-0.2, -0.15) is 0 Å². The molecule has 0 fully saturated rings. The number of carbonyl (C=O) groups is 2. The zero-order valence-electron chi connectivity index (χ0n) is 16.0. The van der Waals surface area contributed by atoms with Crippen LogP contribution in [0.1, 0.15) is 32.0 Å². The summed E-state index contributed by atoms with van der Waals surface area (Å²) in [7, 11) is 0. The van der Waals surface area contributed by atoms with Crippen molar-refractivity contribution < 1.29 is 14.3 Å². The normalized spacial score (nSPS) is 11.7. The van der Waals surface area contributed by atoms with Crippen molar-refractivity contribution in [2.75, 3.05) is 6.61 Å². The van der Waals surface area contributed by atoms with Gasteiger partial charge < -0.3 is 9.72 Å². The fourth-order valence-electron chi connectivity index (χ4n) is 3.90. The predicted octanol–water partition coefficient (Wildman–Crippen LogP) is 4.14. The Balaban J connectivity index is 1.34. The van der Waals surface area contributed by atoms with Gasteiger partial charge in [0.15, 0.2) is 17.8 Å². The number of para-hydroxylation sites is 1. The van der Waals surface area contributed by atoms with Crippen LogP contribution in [0.5, 0.6) is 0 Å². The molecule has 1 heterocycles. The van der Waals surface area contributed by atoms with Gasteiger partial charge in [0.2, 0.25) is 0 Å². The van der Waals surface area contributed by atoms with Gasteiger partial charge in [-0.25, -0.2) is 4.79 Å². The number of fused-ring (bicyclic) bond motifs is 4. The average molecular weight is 395 g/mol. The summed E-state index contributed by atoms with van der Waals surface area (Å²) in [5.41, 5.74) is 5.37. The van der Waals surface area contributed by atoms with Crippen molar-refractivity contribution in [3.8, 4) is 11.1 Å². The van der Waals surface area contributed by atoms with E-state index in [0.29, 0.717) is 16.5 Å². The molecule has 1 aliphatic rings. The van der Waals surface area contributed by atoms with Gasteiger partial charge in [0.1, 0.15) is 5.69 Å². The number of hydrogen-bond acceptors (Lipinski definition) is 4. The van der Waals surface area contributed by atoms with E-state index in [0.717, 1.165) is 17.5 Å². The second-order valence-corrected chi connectivity index (χ2v) is 7.30. The number of ether oxygens (including phenoxy) is 1. The maximum atomic E-state index is 12.6. The number of ketones is 1. The number of aromatic amines is 1. The van der Waals surface area contributed by atoms with Crippen LogP contribution in [-0.2, 0) is 11.2 Å². The van der Waals surface area contributed by atoms with Crippen molar-refractivity contribution in [3.63, 3.8) is 0 Å². The number of pyridine rings is 1. The molecule has 0 radical (unpaired) electrons. The average Bonchev–Trinajstić information content (AvgIpc) is 3.15. The molecule has 1 aromatic heterocycles. The lowest BCUT2D eigenvalue weighted by Gasteiger charge is -2.07. The minimum absolute atomic E-state index is 0.0226. The summed E-state index contributed by atoms with van der Waals surface area (Å²) in [5.74, 6) is -1.03. The van der Waals surface area contributed by atoms with Gasteiger partial charge in [-0.05, 0) is 46.9 Å². The molecule has 0 saturated carbocycles. The van der Waals surface area contributed by atoms with E-state index in [1.165, 1.54) is 17.2 Å². The maximum Gasteiger partial charge on any atom is 0.355 e. The van der Waals surface area contributed by atoms with Crippen LogP contribution in [0.4, 0.5) is 0 Å². The molecule has 0 aliphatic heterocycles. The number of Topliss-reactive ketones (excluding diaryl/α,β-unsaturated/α-hetero) is 1. The summed E-state index contributed by atoms with van der Waals surface area (Å²) < 4.78 is 5.18. The summed E-state index contributed by atoms with van der Waals surface area (Å²) in [6.45, 7) is -0.395. The van der Waals surface area contributed by atoms with Gasteiger partial charge in [0, 0.05) is 22.5 Å². The SMILES string of the molecule is O=C(COC(=O)c1cc(=O)c2ccccc2[nH]1)c1ccc2c(c1)-c1ccccc1C2. The van der Waals surface area contributed by atoms with E-state index in [9.17, 15) is 14.4 Å². The molecular weight excluding hydrogens is 378 g/mol. The van der Waals surface area contributed by atoms with Crippen molar-refractivity contribution in [3.05, 3.63) is 105 Å². The summed E-state index contributed by atoms with van der Waals surface area (Å²) >= 11 is 0. The van der Waals surface area contributed by atoms with Crippen molar-refractivity contribution in [1.82, 2.24) is 4.98 Å². The standard InChI is InChI=1S/C25H17NO4/c27-23-13-22(26-21-8-4-3-7-19(21)23)25(29)30-14-24(28)17-10-9-16-11-15-5-1-2-6-18(15)20(16)12-17/h1-10,12-13H,11,14H2,(H,26,27). The highest BCUT2D eigenvalue weighted by Crippen LogP contribution is 2.36. The van der Waals surface area contributed by atoms with Crippen LogP contribution in [0.3, 0.4) is 0 Å². The molecule has 0 bridgehead atoms. The molecule has 146 valence electrons.